The maximum atomic E-state index is 12.1. The predicted octanol–water partition coefficient (Wildman–Crippen LogP) is 1.65. The lowest BCUT2D eigenvalue weighted by atomic mass is 10.2. The number of nitrogens with zero attached hydrogens (tertiary/aromatic N) is 2. The van der Waals surface area contributed by atoms with E-state index in [1.807, 2.05) is 0 Å². The fraction of sp³-hybridized carbons (Fsp3) is 0.333. The Balaban J connectivity index is 2.91. The molecule has 7 heteroatoms. The third-order valence-corrected chi connectivity index (χ3v) is 2.15. The maximum absolute atomic E-state index is 12.1. The number of halogens is 3. The molecule has 0 bridgehead atoms. The molecule has 1 aromatic rings. The molecule has 0 radical (unpaired) electrons. The zero-order chi connectivity index (χ0) is 12.3. The molecular formula is C9H10ClF2N3O. The van der Waals surface area contributed by atoms with Crippen LogP contribution in [0.15, 0.2) is 12.3 Å². The summed E-state index contributed by atoms with van der Waals surface area (Å²) in [5.74, 6) is -0.634. The molecule has 0 saturated carbocycles. The van der Waals surface area contributed by atoms with Crippen molar-refractivity contribution in [1.29, 1.82) is 0 Å². The minimum absolute atomic E-state index is 0.0183. The van der Waals surface area contributed by atoms with Crippen LogP contribution in [-0.2, 0) is 0 Å². The Labute approximate surface area is 96.0 Å². The van der Waals surface area contributed by atoms with E-state index in [1.165, 1.54) is 19.3 Å². The first-order valence-electron chi connectivity index (χ1n) is 4.36. The van der Waals surface area contributed by atoms with Crippen LogP contribution >= 0.6 is 11.6 Å². The normalized spacial score (nSPS) is 10.6. The highest BCUT2D eigenvalue weighted by Crippen LogP contribution is 2.17. The molecule has 0 aliphatic heterocycles. The molecule has 0 aliphatic carbocycles. The van der Waals surface area contributed by atoms with Crippen LogP contribution in [0.5, 0.6) is 0 Å². The standard InChI is InChI=1S/C9H10ClF2N3O/c1-15(4-7(11)12)9(16)6-2-5(13)3-14-8(6)10/h2-3,7H,4,13H2,1H3. The van der Waals surface area contributed by atoms with Crippen molar-refractivity contribution in [3.8, 4) is 0 Å². The van der Waals surface area contributed by atoms with Gasteiger partial charge in [0.05, 0.1) is 24.0 Å². The first-order chi connectivity index (χ1) is 7.41. The van der Waals surface area contributed by atoms with Gasteiger partial charge in [0.1, 0.15) is 5.15 Å². The molecule has 4 nitrogen and oxygen atoms in total. The number of hydrogen-bond acceptors (Lipinski definition) is 3. The quantitative estimate of drug-likeness (QED) is 0.829. The molecule has 2 N–H and O–H groups in total. The van der Waals surface area contributed by atoms with E-state index in [1.54, 1.807) is 0 Å². The molecule has 0 saturated heterocycles. The Morgan fingerprint density at radius 3 is 2.88 bits per heavy atom. The zero-order valence-corrected chi connectivity index (χ0v) is 9.21. The van der Waals surface area contributed by atoms with E-state index in [0.717, 1.165) is 4.90 Å². The van der Waals surface area contributed by atoms with Crippen LogP contribution in [-0.4, -0.2) is 35.8 Å². The van der Waals surface area contributed by atoms with Gasteiger partial charge in [0.15, 0.2) is 0 Å². The summed E-state index contributed by atoms with van der Waals surface area (Å²) in [6.07, 6.45) is -1.31. The number of hydrogen-bond donors (Lipinski definition) is 1. The second kappa shape index (κ2) is 5.07. The van der Waals surface area contributed by atoms with E-state index in [0.29, 0.717) is 0 Å². The monoisotopic (exact) mass is 249 g/mol. The van der Waals surface area contributed by atoms with E-state index >= 15 is 0 Å². The van der Waals surface area contributed by atoms with Crippen molar-refractivity contribution in [1.82, 2.24) is 9.88 Å². The highest BCUT2D eigenvalue weighted by Gasteiger charge is 2.19. The second-order valence-electron chi connectivity index (χ2n) is 3.18. The average molecular weight is 250 g/mol. The Kier molecular flexibility index (Phi) is 4.00. The van der Waals surface area contributed by atoms with Crippen molar-refractivity contribution in [3.63, 3.8) is 0 Å². The van der Waals surface area contributed by atoms with Crippen molar-refractivity contribution in [2.75, 3.05) is 19.3 Å². The van der Waals surface area contributed by atoms with Crippen LogP contribution in [0.3, 0.4) is 0 Å². The molecule has 0 spiro atoms. The fourth-order valence-corrected chi connectivity index (χ4v) is 1.29. The molecule has 0 aliphatic rings. The molecular weight excluding hydrogens is 240 g/mol. The van der Waals surface area contributed by atoms with E-state index in [-0.39, 0.29) is 16.4 Å². The van der Waals surface area contributed by atoms with Gasteiger partial charge in [0, 0.05) is 7.05 Å². The maximum Gasteiger partial charge on any atom is 0.256 e. The molecule has 1 aromatic heterocycles. The minimum Gasteiger partial charge on any atom is -0.397 e. The Morgan fingerprint density at radius 1 is 1.69 bits per heavy atom. The van der Waals surface area contributed by atoms with Crippen molar-refractivity contribution in [2.45, 2.75) is 6.43 Å². The first-order valence-corrected chi connectivity index (χ1v) is 4.74. The van der Waals surface area contributed by atoms with Crippen molar-refractivity contribution < 1.29 is 13.6 Å². The van der Waals surface area contributed by atoms with Gasteiger partial charge in [-0.15, -0.1) is 0 Å². The van der Waals surface area contributed by atoms with E-state index in [4.69, 9.17) is 17.3 Å². The molecule has 0 aromatic carbocycles. The Morgan fingerprint density at radius 2 is 2.31 bits per heavy atom. The number of alkyl halides is 2. The third-order valence-electron chi connectivity index (χ3n) is 1.85. The van der Waals surface area contributed by atoms with E-state index < -0.39 is 18.9 Å². The number of nitrogens with two attached hydrogens (primary N) is 1. The summed E-state index contributed by atoms with van der Waals surface area (Å²) in [4.78, 5) is 16.2. The number of anilines is 1. The Hall–Kier alpha value is -1.43. The van der Waals surface area contributed by atoms with Crippen LogP contribution < -0.4 is 5.73 Å². The first kappa shape index (κ1) is 12.6. The molecule has 88 valence electrons. The van der Waals surface area contributed by atoms with Gasteiger partial charge in [-0.1, -0.05) is 11.6 Å². The van der Waals surface area contributed by atoms with Crippen LogP contribution in [0.2, 0.25) is 5.15 Å². The summed E-state index contributed by atoms with van der Waals surface area (Å²) in [6, 6.07) is 1.31. The molecule has 1 amide bonds. The van der Waals surface area contributed by atoms with Crippen LogP contribution in [0.1, 0.15) is 10.4 Å². The van der Waals surface area contributed by atoms with Gasteiger partial charge in [-0.2, -0.15) is 0 Å². The van der Waals surface area contributed by atoms with Crippen molar-refractivity contribution in [3.05, 3.63) is 23.0 Å². The predicted molar refractivity (Wildman–Crippen MR) is 56.6 cm³/mol. The molecule has 0 atom stereocenters. The third kappa shape index (κ3) is 3.03. The number of rotatable bonds is 3. The highest BCUT2D eigenvalue weighted by atomic mass is 35.5. The zero-order valence-electron chi connectivity index (χ0n) is 8.45. The minimum atomic E-state index is -2.60. The molecule has 0 unspecified atom stereocenters. The molecule has 16 heavy (non-hydrogen) atoms. The number of pyridine rings is 1. The summed E-state index contributed by atoms with van der Waals surface area (Å²) in [7, 11) is 1.26. The summed E-state index contributed by atoms with van der Waals surface area (Å²) < 4.78 is 24.1. The van der Waals surface area contributed by atoms with Gasteiger partial charge in [-0.25, -0.2) is 13.8 Å². The van der Waals surface area contributed by atoms with Gasteiger partial charge < -0.3 is 10.6 Å². The number of carbonyl (C=O) groups is 1. The number of nitrogen functional groups attached to an aromatic ring is 1. The largest absolute Gasteiger partial charge is 0.397 e. The van der Waals surface area contributed by atoms with Gasteiger partial charge in [0.25, 0.3) is 12.3 Å². The average Bonchev–Trinajstić information content (AvgIpc) is 2.19. The smallest absolute Gasteiger partial charge is 0.256 e. The van der Waals surface area contributed by atoms with Gasteiger partial charge in [-0.3, -0.25) is 4.79 Å². The van der Waals surface area contributed by atoms with Gasteiger partial charge >= 0.3 is 0 Å². The summed E-state index contributed by atoms with van der Waals surface area (Å²) in [6.45, 7) is -0.663. The van der Waals surface area contributed by atoms with E-state index in [2.05, 4.69) is 4.98 Å². The lowest BCUT2D eigenvalue weighted by Gasteiger charge is -2.16. The SMILES string of the molecule is CN(CC(F)F)C(=O)c1cc(N)cnc1Cl. The van der Waals surface area contributed by atoms with Gasteiger partial charge in [0.2, 0.25) is 0 Å². The van der Waals surface area contributed by atoms with Crippen molar-refractivity contribution >= 4 is 23.2 Å². The van der Waals surface area contributed by atoms with Gasteiger partial charge in [-0.05, 0) is 6.07 Å². The number of aromatic nitrogens is 1. The van der Waals surface area contributed by atoms with Crippen LogP contribution in [0, 0.1) is 0 Å². The van der Waals surface area contributed by atoms with E-state index in [9.17, 15) is 13.6 Å². The summed E-state index contributed by atoms with van der Waals surface area (Å²) in [5.41, 5.74) is 5.69. The fourth-order valence-electron chi connectivity index (χ4n) is 1.11. The lowest BCUT2D eigenvalue weighted by Crippen LogP contribution is -2.31. The number of carbonyl (C=O) groups excluding carboxylic acids is 1. The van der Waals surface area contributed by atoms with Crippen LogP contribution in [0.4, 0.5) is 14.5 Å². The Bertz CT molecular complexity index is 400. The summed E-state index contributed by atoms with van der Waals surface area (Å²) >= 11 is 5.67. The molecule has 0 fully saturated rings. The second-order valence-corrected chi connectivity index (χ2v) is 3.54. The lowest BCUT2D eigenvalue weighted by molar-refractivity contribution is 0.0620. The topological polar surface area (TPSA) is 59.2 Å². The molecule has 1 rings (SSSR count). The molecule has 1 heterocycles. The number of amides is 1. The summed E-state index contributed by atoms with van der Waals surface area (Å²) in [5, 5.41) is -0.0553. The van der Waals surface area contributed by atoms with Crippen molar-refractivity contribution in [2.24, 2.45) is 0 Å². The van der Waals surface area contributed by atoms with Crippen LogP contribution in [0.25, 0.3) is 0 Å². The highest BCUT2D eigenvalue weighted by molar-refractivity contribution is 6.32.